The zero-order chi connectivity index (χ0) is 16.8. The van der Waals surface area contributed by atoms with Crippen molar-refractivity contribution < 1.29 is 8.42 Å². The van der Waals surface area contributed by atoms with Gasteiger partial charge in [-0.25, -0.2) is 13.1 Å². The van der Waals surface area contributed by atoms with Gasteiger partial charge in [-0.2, -0.15) is 0 Å². The highest BCUT2D eigenvalue weighted by Crippen LogP contribution is 2.14. The normalized spacial score (nSPS) is 16.2. The third-order valence-electron chi connectivity index (χ3n) is 3.99. The molecule has 0 aliphatic carbocycles. The molecule has 1 saturated heterocycles. The average molecular weight is 346 g/mol. The van der Waals surface area contributed by atoms with Crippen LogP contribution >= 0.6 is 0 Å². The van der Waals surface area contributed by atoms with E-state index in [4.69, 9.17) is 0 Å². The Labute approximate surface area is 143 Å². The summed E-state index contributed by atoms with van der Waals surface area (Å²) in [6, 6.07) is 12.6. The van der Waals surface area contributed by atoms with Gasteiger partial charge < -0.3 is 5.32 Å². The second-order valence-electron chi connectivity index (χ2n) is 5.82. The number of hydrogen-bond donors (Lipinski definition) is 2. The molecule has 1 fully saturated rings. The van der Waals surface area contributed by atoms with Gasteiger partial charge in [0, 0.05) is 38.9 Å². The lowest BCUT2D eigenvalue weighted by molar-refractivity contribution is 0.233. The van der Waals surface area contributed by atoms with Crippen LogP contribution in [0, 0.1) is 0 Å². The summed E-state index contributed by atoms with van der Waals surface area (Å²) in [5.41, 5.74) is 1.70. The van der Waals surface area contributed by atoms with E-state index in [0.717, 1.165) is 38.3 Å². The molecule has 128 valence electrons. The molecule has 1 aliphatic rings. The van der Waals surface area contributed by atoms with Gasteiger partial charge in [0.1, 0.15) is 0 Å². The lowest BCUT2D eigenvalue weighted by Crippen LogP contribution is -2.42. The highest BCUT2D eigenvalue weighted by atomic mass is 32.2. The molecule has 1 aliphatic heterocycles. The van der Waals surface area contributed by atoms with E-state index in [2.05, 4.69) is 19.9 Å². The molecule has 2 N–H and O–H groups in total. The van der Waals surface area contributed by atoms with Gasteiger partial charge in [0.05, 0.1) is 17.1 Å². The summed E-state index contributed by atoms with van der Waals surface area (Å²) < 4.78 is 27.6. The molecule has 1 aromatic heterocycles. The lowest BCUT2D eigenvalue weighted by atomic mass is 10.2. The Kier molecular flexibility index (Phi) is 5.57. The number of nitrogens with one attached hydrogen (secondary N) is 2. The molecule has 0 unspecified atom stereocenters. The summed E-state index contributed by atoms with van der Waals surface area (Å²) in [4.78, 5) is 6.75. The smallest absolute Gasteiger partial charge is 0.240 e. The van der Waals surface area contributed by atoms with Gasteiger partial charge in [0.15, 0.2) is 0 Å². The highest BCUT2D eigenvalue weighted by molar-refractivity contribution is 7.89. The zero-order valence-electron chi connectivity index (χ0n) is 13.5. The maximum absolute atomic E-state index is 12.5. The third-order valence-corrected chi connectivity index (χ3v) is 5.39. The maximum Gasteiger partial charge on any atom is 0.240 e. The Bertz CT molecular complexity index is 759. The van der Waals surface area contributed by atoms with Crippen LogP contribution in [-0.2, 0) is 23.1 Å². The lowest BCUT2D eigenvalue weighted by Gasteiger charge is -2.27. The zero-order valence-corrected chi connectivity index (χ0v) is 14.3. The number of benzene rings is 1. The van der Waals surface area contributed by atoms with Crippen molar-refractivity contribution in [1.82, 2.24) is 19.9 Å². The molecule has 0 amide bonds. The molecule has 0 radical (unpaired) electrons. The van der Waals surface area contributed by atoms with Crippen LogP contribution in [-0.4, -0.2) is 44.5 Å². The Balaban J connectivity index is 1.67. The van der Waals surface area contributed by atoms with Crippen molar-refractivity contribution in [2.24, 2.45) is 0 Å². The summed E-state index contributed by atoms with van der Waals surface area (Å²) in [6.07, 6.45) is 1.65. The minimum atomic E-state index is -3.54. The van der Waals surface area contributed by atoms with Crippen molar-refractivity contribution in [2.45, 2.75) is 18.0 Å². The van der Waals surface area contributed by atoms with Crippen LogP contribution in [0.25, 0.3) is 0 Å². The first-order valence-electron chi connectivity index (χ1n) is 8.05. The molecule has 2 aromatic rings. The Morgan fingerprint density at radius 2 is 1.96 bits per heavy atom. The standard InChI is InChI=1S/C17H22N4O2S/c22-24(23,20-13-16-5-1-2-7-19-16)17-6-3-4-15(12-17)14-21-10-8-18-9-11-21/h1-7,12,18,20H,8-11,13-14H2. The largest absolute Gasteiger partial charge is 0.314 e. The van der Waals surface area contributed by atoms with Crippen molar-refractivity contribution in [3.8, 4) is 0 Å². The van der Waals surface area contributed by atoms with Gasteiger partial charge >= 0.3 is 0 Å². The fraction of sp³-hybridized carbons (Fsp3) is 0.353. The second kappa shape index (κ2) is 7.85. The number of piperazine rings is 1. The van der Waals surface area contributed by atoms with Crippen molar-refractivity contribution in [1.29, 1.82) is 0 Å². The molecule has 0 bridgehead atoms. The molecule has 2 heterocycles. The summed E-state index contributed by atoms with van der Waals surface area (Å²) in [6.45, 7) is 4.87. The van der Waals surface area contributed by atoms with Crippen LogP contribution in [0.5, 0.6) is 0 Å². The first-order chi connectivity index (χ1) is 11.6. The van der Waals surface area contributed by atoms with E-state index >= 15 is 0 Å². The number of aromatic nitrogens is 1. The first kappa shape index (κ1) is 17.0. The van der Waals surface area contributed by atoms with Crippen molar-refractivity contribution in [3.63, 3.8) is 0 Å². The fourth-order valence-electron chi connectivity index (χ4n) is 2.69. The predicted molar refractivity (Wildman–Crippen MR) is 92.9 cm³/mol. The molecule has 6 nitrogen and oxygen atoms in total. The van der Waals surface area contributed by atoms with E-state index in [0.29, 0.717) is 10.6 Å². The Morgan fingerprint density at radius 1 is 1.12 bits per heavy atom. The van der Waals surface area contributed by atoms with Gasteiger partial charge in [-0.15, -0.1) is 0 Å². The third kappa shape index (κ3) is 4.61. The predicted octanol–water partition coefficient (Wildman–Crippen LogP) is 0.965. The molecule has 24 heavy (non-hydrogen) atoms. The van der Waals surface area contributed by atoms with Crippen molar-refractivity contribution >= 4 is 10.0 Å². The second-order valence-corrected chi connectivity index (χ2v) is 7.59. The fourth-order valence-corrected chi connectivity index (χ4v) is 3.76. The van der Waals surface area contributed by atoms with Gasteiger partial charge in [-0.05, 0) is 29.8 Å². The number of nitrogens with zero attached hydrogens (tertiary/aromatic N) is 2. The molecule has 0 saturated carbocycles. The minimum absolute atomic E-state index is 0.186. The van der Waals surface area contributed by atoms with Gasteiger partial charge in [-0.1, -0.05) is 18.2 Å². The molecule has 0 atom stereocenters. The van der Waals surface area contributed by atoms with Crippen LogP contribution in [0.4, 0.5) is 0 Å². The van der Waals surface area contributed by atoms with E-state index in [-0.39, 0.29) is 6.54 Å². The van der Waals surface area contributed by atoms with Gasteiger partial charge in [0.2, 0.25) is 10.0 Å². The van der Waals surface area contributed by atoms with E-state index in [1.165, 1.54) is 0 Å². The number of pyridine rings is 1. The summed E-state index contributed by atoms with van der Waals surface area (Å²) in [7, 11) is -3.54. The van der Waals surface area contributed by atoms with Crippen LogP contribution in [0.2, 0.25) is 0 Å². The Morgan fingerprint density at radius 3 is 2.71 bits per heavy atom. The van der Waals surface area contributed by atoms with E-state index in [1.807, 2.05) is 12.1 Å². The van der Waals surface area contributed by atoms with Gasteiger partial charge in [0.25, 0.3) is 0 Å². The minimum Gasteiger partial charge on any atom is -0.314 e. The van der Waals surface area contributed by atoms with Crippen molar-refractivity contribution in [2.75, 3.05) is 26.2 Å². The monoisotopic (exact) mass is 346 g/mol. The quantitative estimate of drug-likeness (QED) is 0.815. The number of hydrogen-bond acceptors (Lipinski definition) is 5. The molecule has 7 heteroatoms. The van der Waals surface area contributed by atoms with E-state index in [9.17, 15) is 8.42 Å². The van der Waals surface area contributed by atoms with Crippen molar-refractivity contribution in [3.05, 3.63) is 59.9 Å². The highest BCUT2D eigenvalue weighted by Gasteiger charge is 2.16. The first-order valence-corrected chi connectivity index (χ1v) is 9.53. The molecular weight excluding hydrogens is 324 g/mol. The van der Waals surface area contributed by atoms with Crippen LogP contribution < -0.4 is 10.0 Å². The molecule has 0 spiro atoms. The Hall–Kier alpha value is -1.80. The van der Waals surface area contributed by atoms with E-state index < -0.39 is 10.0 Å². The van der Waals surface area contributed by atoms with Crippen LogP contribution in [0.3, 0.4) is 0 Å². The molecular formula is C17H22N4O2S. The molecule has 1 aromatic carbocycles. The SMILES string of the molecule is O=S(=O)(NCc1ccccn1)c1cccc(CN2CCNCC2)c1. The maximum atomic E-state index is 12.5. The number of rotatable bonds is 6. The summed E-state index contributed by atoms with van der Waals surface area (Å²) in [5, 5.41) is 3.31. The topological polar surface area (TPSA) is 74.3 Å². The number of sulfonamides is 1. The summed E-state index contributed by atoms with van der Waals surface area (Å²) in [5.74, 6) is 0. The molecule has 3 rings (SSSR count). The van der Waals surface area contributed by atoms with Crippen LogP contribution in [0.1, 0.15) is 11.3 Å². The van der Waals surface area contributed by atoms with Crippen LogP contribution in [0.15, 0.2) is 53.6 Å². The van der Waals surface area contributed by atoms with Gasteiger partial charge in [-0.3, -0.25) is 9.88 Å². The van der Waals surface area contributed by atoms with E-state index in [1.54, 1.807) is 36.5 Å². The average Bonchev–Trinajstić information content (AvgIpc) is 2.62. The summed E-state index contributed by atoms with van der Waals surface area (Å²) >= 11 is 0.